The third-order valence-corrected chi connectivity index (χ3v) is 2.25. The predicted octanol–water partition coefficient (Wildman–Crippen LogP) is 3.29. The van der Waals surface area contributed by atoms with Crippen LogP contribution in [0, 0.1) is 0 Å². The Hall–Kier alpha value is 0.700. The largest absolute Gasteiger partial charge is 0.392 e. The Bertz CT molecular complexity index is 113. The molecular weight excluding hydrogens is 183 g/mol. The minimum absolute atomic E-state index is 0. The van der Waals surface area contributed by atoms with Crippen molar-refractivity contribution in [3.05, 3.63) is 12.2 Å². The Balaban J connectivity index is 0. The van der Waals surface area contributed by atoms with Crippen LogP contribution in [0.2, 0.25) is 0 Å². The fraction of sp³-hybridized carbons (Fsp3) is 0.833. The topological polar surface area (TPSA) is 20.2 Å². The molecule has 0 aliphatic carbocycles. The van der Waals surface area contributed by atoms with Crippen LogP contribution < -0.4 is 0 Å². The van der Waals surface area contributed by atoms with Gasteiger partial charge in [-0.25, -0.2) is 0 Å². The zero-order valence-electron chi connectivity index (χ0n) is 9.97. The standard InChI is InChI=1S/C12H24O.Na/c1-2-3-4-5-6-7-8-9-10-11-12-13;/h10-11,13H,2-9,12H2,1H3;. The van der Waals surface area contributed by atoms with Gasteiger partial charge in [-0.3, -0.25) is 0 Å². The van der Waals surface area contributed by atoms with Gasteiger partial charge in [-0.1, -0.05) is 57.6 Å². The second-order valence-corrected chi connectivity index (χ2v) is 3.56. The summed E-state index contributed by atoms with van der Waals surface area (Å²) in [4.78, 5) is 0. The van der Waals surface area contributed by atoms with E-state index in [1.165, 1.54) is 44.9 Å². The molecule has 0 saturated carbocycles. The summed E-state index contributed by atoms with van der Waals surface area (Å²) in [7, 11) is 0. The zero-order valence-corrected chi connectivity index (χ0v) is 12.0. The molecule has 0 spiro atoms. The summed E-state index contributed by atoms with van der Waals surface area (Å²) in [5.41, 5.74) is 0. The third kappa shape index (κ3) is 15.2. The van der Waals surface area contributed by atoms with Crippen LogP contribution in [0.4, 0.5) is 0 Å². The van der Waals surface area contributed by atoms with Gasteiger partial charge in [-0.2, -0.15) is 0 Å². The van der Waals surface area contributed by atoms with E-state index in [4.69, 9.17) is 5.11 Å². The van der Waals surface area contributed by atoms with E-state index >= 15 is 0 Å². The van der Waals surface area contributed by atoms with Crippen LogP contribution in [0.3, 0.4) is 0 Å². The number of aliphatic hydroxyl groups excluding tert-OH is 1. The molecule has 0 aliphatic rings. The molecule has 0 aromatic heterocycles. The maximum absolute atomic E-state index is 8.48. The van der Waals surface area contributed by atoms with E-state index in [-0.39, 0.29) is 36.2 Å². The van der Waals surface area contributed by atoms with Crippen molar-refractivity contribution in [2.75, 3.05) is 6.61 Å². The summed E-state index contributed by atoms with van der Waals surface area (Å²) < 4.78 is 0. The molecule has 0 saturated heterocycles. The molecule has 1 N–H and O–H groups in total. The van der Waals surface area contributed by atoms with Gasteiger partial charge in [0.15, 0.2) is 0 Å². The minimum Gasteiger partial charge on any atom is -0.392 e. The van der Waals surface area contributed by atoms with Crippen molar-refractivity contribution in [1.29, 1.82) is 0 Å². The van der Waals surface area contributed by atoms with Crippen molar-refractivity contribution in [1.82, 2.24) is 0 Å². The molecule has 14 heavy (non-hydrogen) atoms. The van der Waals surface area contributed by atoms with Gasteiger partial charge in [0, 0.05) is 29.6 Å². The Morgan fingerprint density at radius 1 is 0.857 bits per heavy atom. The van der Waals surface area contributed by atoms with Crippen molar-refractivity contribution in [2.45, 2.75) is 58.3 Å². The first kappa shape index (κ1) is 17.1. The molecule has 0 rings (SSSR count). The van der Waals surface area contributed by atoms with E-state index in [0.717, 1.165) is 6.42 Å². The molecule has 0 aliphatic heterocycles. The molecular formula is C12H24NaO. The Morgan fingerprint density at radius 3 is 2.00 bits per heavy atom. The van der Waals surface area contributed by atoms with Gasteiger partial charge >= 0.3 is 0 Å². The summed E-state index contributed by atoms with van der Waals surface area (Å²) >= 11 is 0. The van der Waals surface area contributed by atoms with Crippen molar-refractivity contribution < 1.29 is 5.11 Å². The molecule has 0 atom stereocenters. The first-order chi connectivity index (χ1) is 6.41. The van der Waals surface area contributed by atoms with Crippen molar-refractivity contribution >= 4 is 29.6 Å². The zero-order chi connectivity index (χ0) is 9.78. The SMILES string of the molecule is CCCCCCCCCC=CCO.[Na]. The summed E-state index contributed by atoms with van der Waals surface area (Å²) in [5.74, 6) is 0. The second kappa shape index (κ2) is 16.1. The van der Waals surface area contributed by atoms with Gasteiger partial charge in [-0.05, 0) is 12.8 Å². The van der Waals surface area contributed by atoms with E-state index in [9.17, 15) is 0 Å². The van der Waals surface area contributed by atoms with Crippen molar-refractivity contribution in [3.8, 4) is 0 Å². The van der Waals surface area contributed by atoms with Crippen molar-refractivity contribution in [3.63, 3.8) is 0 Å². The molecule has 1 radical (unpaired) electrons. The minimum atomic E-state index is 0. The molecule has 2 heteroatoms. The number of rotatable bonds is 9. The van der Waals surface area contributed by atoms with Crippen LogP contribution in [0.5, 0.6) is 0 Å². The second-order valence-electron chi connectivity index (χ2n) is 3.56. The summed E-state index contributed by atoms with van der Waals surface area (Å²) in [5, 5.41) is 8.48. The third-order valence-electron chi connectivity index (χ3n) is 2.25. The van der Waals surface area contributed by atoms with Crippen LogP contribution >= 0.6 is 0 Å². The fourth-order valence-corrected chi connectivity index (χ4v) is 1.41. The normalized spacial score (nSPS) is 10.4. The van der Waals surface area contributed by atoms with E-state index in [2.05, 4.69) is 13.0 Å². The molecule has 0 heterocycles. The molecule has 0 unspecified atom stereocenters. The van der Waals surface area contributed by atoms with E-state index in [1.807, 2.05) is 6.08 Å². The average molecular weight is 207 g/mol. The smallest absolute Gasteiger partial charge is 0.0612 e. The Labute approximate surface area is 111 Å². The molecule has 0 aromatic carbocycles. The van der Waals surface area contributed by atoms with E-state index in [0.29, 0.717) is 0 Å². The first-order valence-electron chi connectivity index (χ1n) is 5.67. The van der Waals surface area contributed by atoms with Crippen LogP contribution in [0.1, 0.15) is 58.3 Å². The molecule has 1 nitrogen and oxygen atoms in total. The monoisotopic (exact) mass is 207 g/mol. The molecule has 0 bridgehead atoms. The number of allylic oxidation sites excluding steroid dienone is 1. The maximum atomic E-state index is 8.48. The number of hydrogen-bond donors (Lipinski definition) is 1. The number of aliphatic hydroxyl groups is 1. The molecule has 0 fully saturated rings. The quantitative estimate of drug-likeness (QED) is 0.349. The Kier molecular flexibility index (Phi) is 19.7. The predicted molar refractivity (Wildman–Crippen MR) is 64.6 cm³/mol. The van der Waals surface area contributed by atoms with Crippen LogP contribution in [-0.4, -0.2) is 41.3 Å². The van der Waals surface area contributed by atoms with Gasteiger partial charge in [0.1, 0.15) is 0 Å². The van der Waals surface area contributed by atoms with E-state index in [1.54, 1.807) is 0 Å². The average Bonchev–Trinajstić information content (AvgIpc) is 2.16. The van der Waals surface area contributed by atoms with Gasteiger partial charge in [0.05, 0.1) is 6.61 Å². The Morgan fingerprint density at radius 2 is 1.43 bits per heavy atom. The van der Waals surface area contributed by atoms with Crippen LogP contribution in [0.15, 0.2) is 12.2 Å². The molecule has 79 valence electrons. The first-order valence-corrected chi connectivity index (χ1v) is 5.67. The van der Waals surface area contributed by atoms with Gasteiger partial charge in [0.25, 0.3) is 0 Å². The molecule has 0 aromatic rings. The van der Waals surface area contributed by atoms with Gasteiger partial charge in [0.2, 0.25) is 0 Å². The maximum Gasteiger partial charge on any atom is 0.0612 e. The van der Waals surface area contributed by atoms with Gasteiger partial charge in [-0.15, -0.1) is 0 Å². The summed E-state index contributed by atoms with van der Waals surface area (Å²) in [6.07, 6.45) is 14.6. The summed E-state index contributed by atoms with van der Waals surface area (Å²) in [6.45, 7) is 2.44. The molecule has 0 amide bonds. The van der Waals surface area contributed by atoms with Crippen LogP contribution in [-0.2, 0) is 0 Å². The number of unbranched alkanes of at least 4 members (excludes halogenated alkanes) is 7. The van der Waals surface area contributed by atoms with E-state index < -0.39 is 0 Å². The van der Waals surface area contributed by atoms with Gasteiger partial charge < -0.3 is 5.11 Å². The fourth-order valence-electron chi connectivity index (χ4n) is 1.41. The number of hydrogen-bond acceptors (Lipinski definition) is 1. The van der Waals surface area contributed by atoms with Crippen molar-refractivity contribution in [2.24, 2.45) is 0 Å². The van der Waals surface area contributed by atoms with Crippen LogP contribution in [0.25, 0.3) is 0 Å². The summed E-state index contributed by atoms with van der Waals surface area (Å²) in [6, 6.07) is 0.